The van der Waals surface area contributed by atoms with Gasteiger partial charge in [-0.05, 0) is 62.6 Å². The number of rotatable bonds is 6. The Morgan fingerprint density at radius 1 is 0.870 bits per heavy atom. The standard InChI is InChI=1S/C17H22N2O4.C17H20N2O4/c1-11(21)18-14-10-19(16(22)23-17(2,3)4)15-6-5-12(7-8-20)9-13(14)15;1-10(21)18-14-12-9-11(7-8-20)5-6-13(12)19(16(22)23)15(14)17(2,3)4/h5-6,9-10,20H,7-8H2,1-4H3,(H,18,21);5-6,8-9H,7H2,1-4H3,(H,18,21)(H,22,23). The summed E-state index contributed by atoms with van der Waals surface area (Å²) in [5, 5.41) is 25.6. The fourth-order valence-corrected chi connectivity index (χ4v) is 5.09. The third kappa shape index (κ3) is 8.39. The number of ether oxygens (including phenoxy) is 1. The minimum atomic E-state index is -1.11. The number of nitrogens with zero attached hydrogens (tertiary/aromatic N) is 2. The Labute approximate surface area is 267 Å². The van der Waals surface area contributed by atoms with Crippen LogP contribution in [-0.4, -0.2) is 61.8 Å². The summed E-state index contributed by atoms with van der Waals surface area (Å²) in [7, 11) is 0. The molecule has 0 aliphatic heterocycles. The molecule has 46 heavy (non-hydrogen) atoms. The van der Waals surface area contributed by atoms with Crippen molar-refractivity contribution in [1.29, 1.82) is 0 Å². The van der Waals surface area contributed by atoms with E-state index in [-0.39, 0.29) is 24.8 Å². The van der Waals surface area contributed by atoms with Crippen molar-refractivity contribution >= 4 is 63.5 Å². The first-order chi connectivity index (χ1) is 21.4. The van der Waals surface area contributed by atoms with Crippen LogP contribution in [0, 0.1) is 0 Å². The van der Waals surface area contributed by atoms with Crippen molar-refractivity contribution in [3.05, 3.63) is 59.4 Å². The molecule has 4 rings (SSSR count). The second kappa shape index (κ2) is 14.0. The van der Waals surface area contributed by atoms with Crippen molar-refractivity contribution in [2.24, 2.45) is 0 Å². The molecule has 0 aliphatic rings. The average Bonchev–Trinajstić information content (AvgIpc) is 3.43. The molecule has 2 aromatic heterocycles. The van der Waals surface area contributed by atoms with E-state index in [1.54, 1.807) is 51.2 Å². The van der Waals surface area contributed by atoms with Gasteiger partial charge in [0.2, 0.25) is 11.8 Å². The Bertz CT molecular complexity index is 1800. The summed E-state index contributed by atoms with van der Waals surface area (Å²) in [6.45, 7) is 13.9. The fraction of sp³-hybridized carbons (Fsp3) is 0.382. The zero-order valence-corrected chi connectivity index (χ0v) is 27.5. The van der Waals surface area contributed by atoms with Crippen LogP contribution in [0.25, 0.3) is 21.8 Å². The summed E-state index contributed by atoms with van der Waals surface area (Å²) in [6, 6.07) is 10.6. The van der Waals surface area contributed by atoms with Crippen LogP contribution in [0.5, 0.6) is 0 Å². The van der Waals surface area contributed by atoms with Crippen molar-refractivity contribution in [3.8, 4) is 0 Å². The van der Waals surface area contributed by atoms with Crippen LogP contribution in [0.2, 0.25) is 0 Å². The number of fused-ring (bicyclic) bond motifs is 2. The summed E-state index contributed by atoms with van der Waals surface area (Å²) in [5.74, 6) is -0.499. The number of hydrogen-bond donors (Lipinski definition) is 4. The summed E-state index contributed by atoms with van der Waals surface area (Å²) < 4.78 is 7.98. The van der Waals surface area contributed by atoms with E-state index >= 15 is 0 Å². The molecule has 0 saturated heterocycles. The maximum atomic E-state index is 12.4. The molecular formula is C34H42N4O8. The van der Waals surface area contributed by atoms with Gasteiger partial charge >= 0.3 is 12.2 Å². The van der Waals surface area contributed by atoms with Crippen molar-refractivity contribution < 1.29 is 38.9 Å². The number of aliphatic hydroxyl groups excluding tert-OH is 1. The number of benzene rings is 2. The summed E-state index contributed by atoms with van der Waals surface area (Å²) in [5.41, 5.74) is 3.24. The number of aromatic nitrogens is 2. The van der Waals surface area contributed by atoms with Crippen LogP contribution in [0.1, 0.15) is 72.2 Å². The number of amides is 2. The van der Waals surface area contributed by atoms with Gasteiger partial charge in [-0.1, -0.05) is 32.9 Å². The third-order valence-electron chi connectivity index (χ3n) is 6.72. The normalized spacial score (nSPS) is 11.5. The lowest BCUT2D eigenvalue weighted by Crippen LogP contribution is -2.26. The van der Waals surface area contributed by atoms with Crippen LogP contribution >= 0.6 is 0 Å². The van der Waals surface area contributed by atoms with E-state index in [2.05, 4.69) is 10.6 Å². The Hall–Kier alpha value is -4.97. The molecule has 12 heteroatoms. The molecule has 0 aliphatic carbocycles. The van der Waals surface area contributed by atoms with E-state index < -0.39 is 23.2 Å². The van der Waals surface area contributed by atoms with Crippen LogP contribution in [-0.2, 0) is 37.4 Å². The Balaban J connectivity index is 0.000000250. The predicted molar refractivity (Wildman–Crippen MR) is 177 cm³/mol. The number of carboxylic acid groups (broad SMARTS) is 1. The van der Waals surface area contributed by atoms with Gasteiger partial charge in [-0.15, -0.1) is 0 Å². The number of anilines is 2. The van der Waals surface area contributed by atoms with E-state index in [9.17, 15) is 29.1 Å². The van der Waals surface area contributed by atoms with Gasteiger partial charge in [0.15, 0.2) is 0 Å². The van der Waals surface area contributed by atoms with E-state index in [0.29, 0.717) is 39.9 Å². The highest BCUT2D eigenvalue weighted by Crippen LogP contribution is 2.39. The number of aliphatic hydroxyl groups is 1. The highest BCUT2D eigenvalue weighted by molar-refractivity contribution is 6.07. The average molecular weight is 635 g/mol. The van der Waals surface area contributed by atoms with Crippen LogP contribution < -0.4 is 10.6 Å². The first-order valence-corrected chi connectivity index (χ1v) is 14.8. The SMILES string of the molecule is CC(=O)Nc1c(C(C)(C)C)n(C(=O)O)c2ccc(CC=O)cc12.CC(=O)Nc1cn(C(=O)OC(C)(C)C)c2ccc(CCO)cc12. The first kappa shape index (κ1) is 35.5. The molecule has 0 radical (unpaired) electrons. The lowest BCUT2D eigenvalue weighted by molar-refractivity contribution is -0.115. The lowest BCUT2D eigenvalue weighted by Gasteiger charge is -2.22. The van der Waals surface area contributed by atoms with Gasteiger partial charge in [-0.25, -0.2) is 14.2 Å². The maximum Gasteiger partial charge on any atom is 0.419 e. The molecule has 2 amide bonds. The van der Waals surface area contributed by atoms with Gasteiger partial charge in [0.25, 0.3) is 0 Å². The molecule has 0 unspecified atom stereocenters. The van der Waals surface area contributed by atoms with Crippen LogP contribution in [0.4, 0.5) is 21.0 Å². The zero-order chi connectivity index (χ0) is 34.6. The highest BCUT2D eigenvalue weighted by Gasteiger charge is 2.30. The zero-order valence-electron chi connectivity index (χ0n) is 27.5. The van der Waals surface area contributed by atoms with Crippen LogP contribution in [0.3, 0.4) is 0 Å². The monoisotopic (exact) mass is 634 g/mol. The smallest absolute Gasteiger partial charge is 0.419 e. The quantitative estimate of drug-likeness (QED) is 0.185. The van der Waals surface area contributed by atoms with Gasteiger partial charge in [0, 0.05) is 49.3 Å². The van der Waals surface area contributed by atoms with E-state index in [1.807, 2.05) is 32.9 Å². The highest BCUT2D eigenvalue weighted by atomic mass is 16.6. The maximum absolute atomic E-state index is 12.4. The van der Waals surface area contributed by atoms with Gasteiger partial charge in [-0.2, -0.15) is 0 Å². The second-order valence-corrected chi connectivity index (χ2v) is 12.9. The Morgan fingerprint density at radius 2 is 1.46 bits per heavy atom. The van der Waals surface area contributed by atoms with Crippen molar-refractivity contribution in [1.82, 2.24) is 9.13 Å². The lowest BCUT2D eigenvalue weighted by atomic mass is 9.90. The molecule has 2 aromatic carbocycles. The third-order valence-corrected chi connectivity index (χ3v) is 6.72. The molecule has 0 bridgehead atoms. The molecule has 0 saturated carbocycles. The molecular weight excluding hydrogens is 592 g/mol. The van der Waals surface area contributed by atoms with Gasteiger partial charge in [0.05, 0.1) is 28.1 Å². The Kier molecular flexibility index (Phi) is 10.8. The molecule has 246 valence electrons. The second-order valence-electron chi connectivity index (χ2n) is 12.9. The molecule has 2 heterocycles. The van der Waals surface area contributed by atoms with Crippen molar-refractivity contribution in [2.75, 3.05) is 17.2 Å². The number of carbonyl (C=O) groups excluding carboxylic acids is 4. The summed E-state index contributed by atoms with van der Waals surface area (Å²) in [4.78, 5) is 57.9. The molecule has 0 fully saturated rings. The van der Waals surface area contributed by atoms with E-state index in [0.717, 1.165) is 22.8 Å². The van der Waals surface area contributed by atoms with E-state index in [4.69, 9.17) is 9.84 Å². The topological polar surface area (TPSA) is 169 Å². The molecule has 0 atom stereocenters. The van der Waals surface area contributed by atoms with Crippen molar-refractivity contribution in [2.45, 2.75) is 79.2 Å². The number of aldehydes is 1. The van der Waals surface area contributed by atoms with Gasteiger partial charge in [0.1, 0.15) is 11.9 Å². The fourth-order valence-electron chi connectivity index (χ4n) is 5.09. The van der Waals surface area contributed by atoms with Gasteiger partial charge < -0.3 is 30.4 Å². The Morgan fingerprint density at radius 3 is 1.98 bits per heavy atom. The van der Waals surface area contributed by atoms with Gasteiger partial charge in [-0.3, -0.25) is 14.2 Å². The first-order valence-electron chi connectivity index (χ1n) is 14.8. The summed E-state index contributed by atoms with van der Waals surface area (Å²) in [6.07, 6.45) is 1.47. The molecule has 4 N–H and O–H groups in total. The number of carbonyl (C=O) groups is 5. The minimum absolute atomic E-state index is 0.0355. The predicted octanol–water partition coefficient (Wildman–Crippen LogP) is 6.08. The number of hydrogen-bond acceptors (Lipinski definition) is 7. The summed E-state index contributed by atoms with van der Waals surface area (Å²) >= 11 is 0. The molecule has 4 aromatic rings. The molecule has 0 spiro atoms. The minimum Gasteiger partial charge on any atom is -0.464 e. The number of nitrogens with one attached hydrogen (secondary N) is 2. The van der Waals surface area contributed by atoms with Crippen LogP contribution in [0.15, 0.2) is 42.6 Å². The van der Waals surface area contributed by atoms with Crippen molar-refractivity contribution in [3.63, 3.8) is 0 Å². The van der Waals surface area contributed by atoms with E-state index in [1.165, 1.54) is 23.0 Å². The largest absolute Gasteiger partial charge is 0.464 e. The molecule has 12 nitrogen and oxygen atoms in total.